The fraction of sp³-hybridized carbons (Fsp3) is 0.696. The Morgan fingerprint density at radius 1 is 1.19 bits per heavy atom. The molecule has 3 heteroatoms. The van der Waals surface area contributed by atoms with Gasteiger partial charge in [0.25, 0.3) is 0 Å². The maximum Gasteiger partial charge on any atom is 0.155 e. The summed E-state index contributed by atoms with van der Waals surface area (Å²) in [6, 6.07) is 0. The molecule has 3 nitrogen and oxygen atoms in total. The summed E-state index contributed by atoms with van der Waals surface area (Å²) in [6.07, 6.45) is 11.5. The van der Waals surface area contributed by atoms with E-state index in [4.69, 9.17) is 4.74 Å². The summed E-state index contributed by atoms with van der Waals surface area (Å²) in [7, 11) is 0. The van der Waals surface area contributed by atoms with E-state index in [9.17, 15) is 9.90 Å². The van der Waals surface area contributed by atoms with Gasteiger partial charge in [0.15, 0.2) is 5.78 Å². The van der Waals surface area contributed by atoms with Crippen LogP contribution in [0.15, 0.2) is 35.5 Å². The first-order chi connectivity index (χ1) is 12.1. The van der Waals surface area contributed by atoms with E-state index >= 15 is 0 Å². The molecule has 0 amide bonds. The highest BCUT2D eigenvalue weighted by atomic mass is 16.6. The third-order valence-corrected chi connectivity index (χ3v) is 7.20. The lowest BCUT2D eigenvalue weighted by atomic mass is 9.55. The number of allylic oxidation sites excluding steroid dienone is 5. The number of rotatable bonds is 4. The molecule has 0 spiro atoms. The van der Waals surface area contributed by atoms with E-state index in [0.29, 0.717) is 23.7 Å². The second-order valence-electron chi connectivity index (χ2n) is 9.17. The van der Waals surface area contributed by atoms with Crippen molar-refractivity contribution in [1.29, 1.82) is 0 Å². The van der Waals surface area contributed by atoms with Gasteiger partial charge in [-0.3, -0.25) is 4.79 Å². The van der Waals surface area contributed by atoms with Crippen molar-refractivity contribution in [3.05, 3.63) is 35.5 Å². The average molecular weight is 359 g/mol. The lowest BCUT2D eigenvalue weighted by Crippen LogP contribution is -2.50. The Kier molecular flexibility index (Phi) is 5.09. The first kappa shape index (κ1) is 19.6. The zero-order valence-electron chi connectivity index (χ0n) is 17.1. The molecule has 0 aromatic carbocycles. The van der Waals surface area contributed by atoms with E-state index in [0.717, 1.165) is 24.8 Å². The first-order valence-corrected chi connectivity index (χ1v) is 10.00. The van der Waals surface area contributed by atoms with Crippen molar-refractivity contribution < 1.29 is 14.6 Å². The summed E-state index contributed by atoms with van der Waals surface area (Å²) in [5, 5.41) is 10.6. The topological polar surface area (TPSA) is 49.8 Å². The van der Waals surface area contributed by atoms with Crippen LogP contribution in [0.1, 0.15) is 60.8 Å². The van der Waals surface area contributed by atoms with Crippen molar-refractivity contribution in [1.82, 2.24) is 0 Å². The molecule has 0 bridgehead atoms. The maximum atomic E-state index is 11.5. The molecule has 2 aliphatic carbocycles. The van der Waals surface area contributed by atoms with Crippen molar-refractivity contribution in [2.24, 2.45) is 23.7 Å². The number of fused-ring (bicyclic) bond motifs is 3. The molecule has 1 heterocycles. The van der Waals surface area contributed by atoms with E-state index in [-0.39, 0.29) is 17.5 Å². The summed E-state index contributed by atoms with van der Waals surface area (Å²) in [6.45, 7) is 12.0. The number of aliphatic hydroxyl groups is 1. The highest BCUT2D eigenvalue weighted by Crippen LogP contribution is 2.64. The number of hydrogen-bond donors (Lipinski definition) is 1. The van der Waals surface area contributed by atoms with E-state index in [1.807, 2.05) is 19.9 Å². The van der Waals surface area contributed by atoms with Crippen molar-refractivity contribution in [2.75, 3.05) is 0 Å². The van der Waals surface area contributed by atoms with Crippen LogP contribution in [0.2, 0.25) is 0 Å². The van der Waals surface area contributed by atoms with Crippen LogP contribution in [0.25, 0.3) is 0 Å². The van der Waals surface area contributed by atoms with Crippen LogP contribution in [0, 0.1) is 23.7 Å². The molecule has 0 aromatic rings. The van der Waals surface area contributed by atoms with E-state index in [1.54, 1.807) is 6.92 Å². The molecule has 144 valence electrons. The molecular formula is C23H34O3. The summed E-state index contributed by atoms with van der Waals surface area (Å²) in [5.74, 6) is 1.80. The Morgan fingerprint density at radius 3 is 2.50 bits per heavy atom. The second kappa shape index (κ2) is 6.76. The quantitative estimate of drug-likeness (QED) is 0.345. The first-order valence-electron chi connectivity index (χ1n) is 10.00. The molecule has 3 fully saturated rings. The number of hydrogen-bond acceptors (Lipinski definition) is 3. The minimum atomic E-state index is -0.574. The van der Waals surface area contributed by atoms with Gasteiger partial charge in [0.1, 0.15) is 0 Å². The number of carbonyl (C=O) groups is 1. The van der Waals surface area contributed by atoms with Gasteiger partial charge in [0.2, 0.25) is 0 Å². The van der Waals surface area contributed by atoms with Crippen LogP contribution in [0.3, 0.4) is 0 Å². The van der Waals surface area contributed by atoms with Gasteiger partial charge in [0, 0.05) is 5.92 Å². The molecule has 7 atom stereocenters. The minimum absolute atomic E-state index is 0.114. The van der Waals surface area contributed by atoms with E-state index in [2.05, 4.69) is 39.0 Å². The predicted octanol–water partition coefficient (Wildman–Crippen LogP) is 4.61. The fourth-order valence-electron chi connectivity index (χ4n) is 5.53. The number of ketones is 1. The maximum absolute atomic E-state index is 11.5. The van der Waals surface area contributed by atoms with Gasteiger partial charge < -0.3 is 9.84 Å². The molecule has 26 heavy (non-hydrogen) atoms. The van der Waals surface area contributed by atoms with Gasteiger partial charge in [-0.05, 0) is 84.1 Å². The lowest BCUT2D eigenvalue weighted by molar-refractivity contribution is -0.113. The third kappa shape index (κ3) is 3.36. The van der Waals surface area contributed by atoms with Crippen molar-refractivity contribution >= 4 is 5.78 Å². The van der Waals surface area contributed by atoms with Crippen LogP contribution in [0.4, 0.5) is 0 Å². The van der Waals surface area contributed by atoms with Crippen molar-refractivity contribution in [3.8, 4) is 0 Å². The minimum Gasteiger partial charge on any atom is -0.390 e. The van der Waals surface area contributed by atoms with Crippen molar-refractivity contribution in [2.45, 2.75) is 78.1 Å². The van der Waals surface area contributed by atoms with Gasteiger partial charge in [-0.1, -0.05) is 29.9 Å². The molecular weight excluding hydrogens is 324 g/mol. The Balaban J connectivity index is 1.94. The summed E-state index contributed by atoms with van der Waals surface area (Å²) < 4.78 is 6.30. The number of Topliss-reactive ketones (excluding diaryl/α,β-unsaturated/α-hetero) is 1. The smallest absolute Gasteiger partial charge is 0.155 e. The highest BCUT2D eigenvalue weighted by Gasteiger charge is 2.69. The molecule has 0 aromatic heterocycles. The molecule has 3 rings (SSSR count). The van der Waals surface area contributed by atoms with Crippen LogP contribution in [-0.4, -0.2) is 28.2 Å². The highest BCUT2D eigenvalue weighted by molar-refractivity contribution is 5.92. The normalized spacial score (nSPS) is 46.0. The number of epoxide rings is 1. The lowest BCUT2D eigenvalue weighted by Gasteiger charge is -2.48. The Labute approximate surface area is 158 Å². The molecule has 0 radical (unpaired) electrons. The van der Waals surface area contributed by atoms with Crippen LogP contribution < -0.4 is 0 Å². The summed E-state index contributed by atoms with van der Waals surface area (Å²) in [5.41, 5.74) is 1.47. The Hall–Kier alpha value is -1.19. The van der Waals surface area contributed by atoms with Gasteiger partial charge in [-0.25, -0.2) is 0 Å². The fourth-order valence-corrected chi connectivity index (χ4v) is 5.53. The zero-order chi connectivity index (χ0) is 19.3. The molecule has 1 N–H and O–H groups in total. The van der Waals surface area contributed by atoms with E-state index in [1.165, 1.54) is 5.57 Å². The Morgan fingerprint density at radius 2 is 1.88 bits per heavy atom. The van der Waals surface area contributed by atoms with Crippen LogP contribution >= 0.6 is 0 Å². The van der Waals surface area contributed by atoms with Gasteiger partial charge in [-0.2, -0.15) is 0 Å². The van der Waals surface area contributed by atoms with Crippen LogP contribution in [0.5, 0.6) is 0 Å². The number of carbonyl (C=O) groups excluding carboxylic acids is 1. The molecule has 1 aliphatic heterocycles. The van der Waals surface area contributed by atoms with Gasteiger partial charge >= 0.3 is 0 Å². The summed E-state index contributed by atoms with van der Waals surface area (Å²) >= 11 is 0. The van der Waals surface area contributed by atoms with Gasteiger partial charge in [-0.15, -0.1) is 0 Å². The molecule has 0 unspecified atom stereocenters. The third-order valence-electron chi connectivity index (χ3n) is 7.20. The van der Waals surface area contributed by atoms with Gasteiger partial charge in [0.05, 0.1) is 17.3 Å². The second-order valence-corrected chi connectivity index (χ2v) is 9.17. The molecule has 2 saturated carbocycles. The number of ether oxygens (including phenoxy) is 1. The SMILES string of the molecule is C/C=C(\C)[C@H]1[C@@H](/C=C/C=C(\C)C(C)=O)[C@@H]2CC[C@](C)(O)C[C@H]2[C@@H]2O[C@@]21C. The predicted molar refractivity (Wildman–Crippen MR) is 105 cm³/mol. The summed E-state index contributed by atoms with van der Waals surface area (Å²) in [4.78, 5) is 11.5. The average Bonchev–Trinajstić information content (AvgIpc) is 3.25. The van der Waals surface area contributed by atoms with Crippen molar-refractivity contribution in [3.63, 3.8) is 0 Å². The molecule has 3 aliphatic rings. The zero-order valence-corrected chi connectivity index (χ0v) is 17.1. The monoisotopic (exact) mass is 358 g/mol. The van der Waals surface area contributed by atoms with E-state index < -0.39 is 5.60 Å². The standard InChI is InChI=1S/C23H34O3/c1-7-14(2)20-18(10-8-9-15(3)16(4)24)17-11-12-22(5,25)13-19(17)21-23(20,6)26-21/h7-10,17-21,25H,11-13H2,1-6H3/b10-8+,14-7+,15-9+/t17-,18-,19+,20-,21-,22-,23+/m0/s1. The Bertz CT molecular complexity index is 669. The molecule has 1 saturated heterocycles. The largest absolute Gasteiger partial charge is 0.390 e. The van der Waals surface area contributed by atoms with Crippen LogP contribution in [-0.2, 0) is 9.53 Å².